The lowest BCUT2D eigenvalue weighted by atomic mass is 9.97. The zero-order valence-corrected chi connectivity index (χ0v) is 18.8. The fourth-order valence-electron chi connectivity index (χ4n) is 4.47. The molecule has 7 heteroatoms. The first-order valence-corrected chi connectivity index (χ1v) is 11.5. The van der Waals surface area contributed by atoms with Crippen LogP contribution in [0.2, 0.25) is 5.02 Å². The van der Waals surface area contributed by atoms with Gasteiger partial charge in [0, 0.05) is 12.2 Å². The van der Waals surface area contributed by atoms with Gasteiger partial charge in [0.2, 0.25) is 5.91 Å². The monoisotopic (exact) mass is 462 g/mol. The van der Waals surface area contributed by atoms with Crippen molar-refractivity contribution in [1.29, 1.82) is 0 Å². The van der Waals surface area contributed by atoms with Gasteiger partial charge in [0.1, 0.15) is 11.6 Å². The molecular formula is C26H24ClFN4O. The number of benzene rings is 3. The van der Waals surface area contributed by atoms with E-state index in [1.165, 1.54) is 12.1 Å². The second-order valence-corrected chi connectivity index (χ2v) is 8.78. The number of nitrogens with one attached hydrogen (secondary N) is 1. The number of nitrogens with zero attached hydrogens (tertiary/aromatic N) is 3. The number of halogens is 2. The number of likely N-dealkylation sites (tertiary alicyclic amines) is 1. The molecule has 2 heterocycles. The molecule has 0 radical (unpaired) electrons. The average molecular weight is 463 g/mol. The standard InChI is InChI=1S/C26H24ClFN4O/c27-21-7-1-2-8-22(21)30-26(33)18-6-5-15-31(16-18)17-25-29-23-9-3-4-10-24(23)32(25)20-13-11-19(28)12-14-20/h1-4,7-14,18H,5-6,15-17H2,(H,30,33)/t18-/m1/s1. The number of anilines is 1. The lowest BCUT2D eigenvalue weighted by molar-refractivity contribution is -0.121. The number of hydrogen-bond donors (Lipinski definition) is 1. The van der Waals surface area contributed by atoms with Crippen molar-refractivity contribution in [2.24, 2.45) is 5.92 Å². The Morgan fingerprint density at radius 3 is 2.64 bits per heavy atom. The van der Waals surface area contributed by atoms with Gasteiger partial charge in [0.15, 0.2) is 0 Å². The number of hydrogen-bond acceptors (Lipinski definition) is 3. The van der Waals surface area contributed by atoms with Crippen molar-refractivity contribution in [3.8, 4) is 5.69 Å². The van der Waals surface area contributed by atoms with Crippen molar-refractivity contribution >= 4 is 34.2 Å². The van der Waals surface area contributed by atoms with Crippen LogP contribution in [-0.4, -0.2) is 33.4 Å². The molecule has 1 aliphatic rings. The minimum absolute atomic E-state index is 0.0140. The van der Waals surface area contributed by atoms with Gasteiger partial charge in [-0.2, -0.15) is 0 Å². The highest BCUT2D eigenvalue weighted by molar-refractivity contribution is 6.33. The summed E-state index contributed by atoms with van der Waals surface area (Å²) < 4.78 is 15.6. The first kappa shape index (κ1) is 21.6. The minimum atomic E-state index is -0.270. The maximum atomic E-state index is 13.5. The third-order valence-corrected chi connectivity index (χ3v) is 6.42. The van der Waals surface area contributed by atoms with Crippen molar-refractivity contribution in [1.82, 2.24) is 14.5 Å². The molecule has 3 aromatic carbocycles. The van der Waals surface area contributed by atoms with E-state index >= 15 is 0 Å². The SMILES string of the molecule is O=C(Nc1ccccc1Cl)[C@@H]1CCCN(Cc2nc3ccccc3n2-c2ccc(F)cc2)C1. The number of amides is 1. The lowest BCUT2D eigenvalue weighted by Crippen LogP contribution is -2.40. The third kappa shape index (κ3) is 4.63. The van der Waals surface area contributed by atoms with E-state index in [4.69, 9.17) is 16.6 Å². The fraction of sp³-hybridized carbons (Fsp3) is 0.231. The Labute approximate surface area is 196 Å². The molecule has 33 heavy (non-hydrogen) atoms. The molecule has 0 bridgehead atoms. The number of aromatic nitrogens is 2. The summed E-state index contributed by atoms with van der Waals surface area (Å²) in [5.74, 6) is 0.460. The fourth-order valence-corrected chi connectivity index (χ4v) is 4.65. The minimum Gasteiger partial charge on any atom is -0.324 e. The van der Waals surface area contributed by atoms with Gasteiger partial charge in [-0.05, 0) is 67.9 Å². The summed E-state index contributed by atoms with van der Waals surface area (Å²) in [7, 11) is 0. The Bertz CT molecular complexity index is 1290. The van der Waals surface area contributed by atoms with E-state index in [-0.39, 0.29) is 17.6 Å². The van der Waals surface area contributed by atoms with E-state index in [0.29, 0.717) is 23.8 Å². The molecule has 1 saturated heterocycles. The predicted octanol–water partition coefficient (Wildman–Crippen LogP) is 5.67. The van der Waals surface area contributed by atoms with Crippen LogP contribution in [0.1, 0.15) is 18.7 Å². The van der Waals surface area contributed by atoms with Crippen LogP contribution in [-0.2, 0) is 11.3 Å². The molecule has 0 unspecified atom stereocenters. The molecule has 1 atom stereocenters. The zero-order chi connectivity index (χ0) is 22.8. The van der Waals surface area contributed by atoms with Crippen LogP contribution < -0.4 is 5.32 Å². The van der Waals surface area contributed by atoms with Crippen molar-refractivity contribution in [3.63, 3.8) is 0 Å². The molecule has 5 rings (SSSR count). The number of imidazole rings is 1. The maximum Gasteiger partial charge on any atom is 0.228 e. The van der Waals surface area contributed by atoms with Gasteiger partial charge in [-0.25, -0.2) is 9.37 Å². The van der Waals surface area contributed by atoms with Crippen LogP contribution in [0.4, 0.5) is 10.1 Å². The topological polar surface area (TPSA) is 50.2 Å². The number of carbonyl (C=O) groups excluding carboxylic acids is 1. The quantitative estimate of drug-likeness (QED) is 0.416. The zero-order valence-electron chi connectivity index (χ0n) is 18.0. The molecule has 1 N–H and O–H groups in total. The summed E-state index contributed by atoms with van der Waals surface area (Å²) in [6, 6.07) is 21.7. The van der Waals surface area contributed by atoms with Gasteiger partial charge in [-0.1, -0.05) is 35.9 Å². The Morgan fingerprint density at radius 1 is 1.06 bits per heavy atom. The first-order chi connectivity index (χ1) is 16.1. The Kier molecular flexibility index (Phi) is 6.11. The van der Waals surface area contributed by atoms with E-state index in [2.05, 4.69) is 14.8 Å². The summed E-state index contributed by atoms with van der Waals surface area (Å²) in [5, 5.41) is 3.51. The molecule has 1 amide bonds. The number of carbonyl (C=O) groups is 1. The highest BCUT2D eigenvalue weighted by atomic mass is 35.5. The Balaban J connectivity index is 1.37. The Morgan fingerprint density at radius 2 is 1.82 bits per heavy atom. The van der Waals surface area contributed by atoms with Crippen molar-refractivity contribution in [3.05, 3.63) is 89.5 Å². The van der Waals surface area contributed by atoms with Gasteiger partial charge >= 0.3 is 0 Å². The normalized spacial score (nSPS) is 16.7. The molecule has 168 valence electrons. The molecule has 1 fully saturated rings. The third-order valence-electron chi connectivity index (χ3n) is 6.09. The number of para-hydroxylation sites is 3. The summed E-state index contributed by atoms with van der Waals surface area (Å²) in [6.07, 6.45) is 1.76. The van der Waals surface area contributed by atoms with Gasteiger partial charge in [0.05, 0.1) is 34.2 Å². The summed E-state index contributed by atoms with van der Waals surface area (Å²) in [6.45, 7) is 2.13. The maximum absolute atomic E-state index is 13.5. The molecular weight excluding hydrogens is 439 g/mol. The molecule has 1 aromatic heterocycles. The van der Waals surface area contributed by atoms with Crippen LogP contribution >= 0.6 is 11.6 Å². The number of rotatable bonds is 5. The van der Waals surface area contributed by atoms with E-state index < -0.39 is 0 Å². The van der Waals surface area contributed by atoms with Crippen molar-refractivity contribution in [2.75, 3.05) is 18.4 Å². The molecule has 0 aliphatic carbocycles. The smallest absolute Gasteiger partial charge is 0.228 e. The van der Waals surface area contributed by atoms with Gasteiger partial charge < -0.3 is 5.32 Å². The van der Waals surface area contributed by atoms with E-state index in [0.717, 1.165) is 41.9 Å². The number of piperidine rings is 1. The summed E-state index contributed by atoms with van der Waals surface area (Å²) >= 11 is 6.21. The summed E-state index contributed by atoms with van der Waals surface area (Å²) in [5.41, 5.74) is 3.37. The number of fused-ring (bicyclic) bond motifs is 1. The van der Waals surface area contributed by atoms with E-state index in [1.807, 2.05) is 42.5 Å². The molecule has 1 aliphatic heterocycles. The largest absolute Gasteiger partial charge is 0.324 e. The first-order valence-electron chi connectivity index (χ1n) is 11.1. The second-order valence-electron chi connectivity index (χ2n) is 8.37. The van der Waals surface area contributed by atoms with E-state index in [1.54, 1.807) is 18.2 Å². The van der Waals surface area contributed by atoms with Gasteiger partial charge in [-0.3, -0.25) is 14.3 Å². The average Bonchev–Trinajstić information content (AvgIpc) is 3.19. The van der Waals surface area contributed by atoms with Crippen molar-refractivity contribution in [2.45, 2.75) is 19.4 Å². The van der Waals surface area contributed by atoms with Gasteiger partial charge in [-0.15, -0.1) is 0 Å². The molecule has 0 saturated carbocycles. The van der Waals surface area contributed by atoms with E-state index in [9.17, 15) is 9.18 Å². The molecule has 5 nitrogen and oxygen atoms in total. The molecule has 0 spiro atoms. The van der Waals surface area contributed by atoms with Gasteiger partial charge in [0.25, 0.3) is 0 Å². The second kappa shape index (κ2) is 9.33. The van der Waals surface area contributed by atoms with Crippen LogP contribution in [0.15, 0.2) is 72.8 Å². The van der Waals surface area contributed by atoms with Crippen LogP contribution in [0.5, 0.6) is 0 Å². The molecule has 4 aromatic rings. The predicted molar refractivity (Wildman–Crippen MR) is 129 cm³/mol. The Hall–Kier alpha value is -3.22. The highest BCUT2D eigenvalue weighted by Gasteiger charge is 2.27. The van der Waals surface area contributed by atoms with Crippen LogP contribution in [0.25, 0.3) is 16.7 Å². The van der Waals surface area contributed by atoms with Crippen LogP contribution in [0.3, 0.4) is 0 Å². The van der Waals surface area contributed by atoms with Crippen LogP contribution in [0, 0.1) is 11.7 Å². The highest BCUT2D eigenvalue weighted by Crippen LogP contribution is 2.26. The summed E-state index contributed by atoms with van der Waals surface area (Å²) in [4.78, 5) is 20.1. The lowest BCUT2D eigenvalue weighted by Gasteiger charge is -2.31. The van der Waals surface area contributed by atoms with Crippen molar-refractivity contribution < 1.29 is 9.18 Å².